The SMILES string of the molecule is CCn1nnc(C2CCCN2)n1. The number of hydrogen-bond acceptors (Lipinski definition) is 4. The Morgan fingerprint density at radius 1 is 1.67 bits per heavy atom. The minimum absolute atomic E-state index is 0.338. The summed E-state index contributed by atoms with van der Waals surface area (Å²) in [6.07, 6.45) is 2.35. The molecule has 1 aliphatic rings. The third-order valence-electron chi connectivity index (χ3n) is 2.12. The molecular formula is C7H13N5. The Labute approximate surface area is 71.1 Å². The van der Waals surface area contributed by atoms with E-state index in [-0.39, 0.29) is 0 Å². The van der Waals surface area contributed by atoms with Gasteiger partial charge in [-0.2, -0.15) is 4.80 Å². The summed E-state index contributed by atoms with van der Waals surface area (Å²) < 4.78 is 0. The van der Waals surface area contributed by atoms with Crippen LogP contribution in [0.3, 0.4) is 0 Å². The average molecular weight is 167 g/mol. The highest BCUT2D eigenvalue weighted by atomic mass is 15.6. The van der Waals surface area contributed by atoms with Crippen molar-refractivity contribution in [1.29, 1.82) is 0 Å². The van der Waals surface area contributed by atoms with Crippen molar-refractivity contribution in [3.63, 3.8) is 0 Å². The Hall–Kier alpha value is -0.970. The van der Waals surface area contributed by atoms with Crippen molar-refractivity contribution in [3.05, 3.63) is 5.82 Å². The molecule has 2 rings (SSSR count). The molecule has 1 fully saturated rings. The molecule has 1 aromatic heterocycles. The zero-order valence-corrected chi connectivity index (χ0v) is 7.19. The maximum atomic E-state index is 4.24. The van der Waals surface area contributed by atoms with E-state index in [1.165, 1.54) is 6.42 Å². The second kappa shape index (κ2) is 3.18. The first-order valence-electron chi connectivity index (χ1n) is 4.41. The van der Waals surface area contributed by atoms with Gasteiger partial charge in [-0.3, -0.25) is 0 Å². The first kappa shape index (κ1) is 7.67. The lowest BCUT2D eigenvalue weighted by atomic mass is 10.2. The van der Waals surface area contributed by atoms with Crippen molar-refractivity contribution >= 4 is 0 Å². The molecule has 1 unspecified atom stereocenters. The van der Waals surface area contributed by atoms with Gasteiger partial charge in [0.05, 0.1) is 12.6 Å². The quantitative estimate of drug-likeness (QED) is 0.679. The lowest BCUT2D eigenvalue weighted by Crippen LogP contribution is -2.14. The van der Waals surface area contributed by atoms with Crippen molar-refractivity contribution in [1.82, 2.24) is 25.5 Å². The number of aryl methyl sites for hydroxylation is 1. The molecule has 1 aromatic rings. The largest absolute Gasteiger partial charge is 0.307 e. The molecule has 0 radical (unpaired) electrons. The molecule has 1 saturated heterocycles. The van der Waals surface area contributed by atoms with Gasteiger partial charge in [-0.25, -0.2) is 0 Å². The van der Waals surface area contributed by atoms with E-state index < -0.39 is 0 Å². The van der Waals surface area contributed by atoms with Gasteiger partial charge in [0.15, 0.2) is 5.82 Å². The monoisotopic (exact) mass is 167 g/mol. The molecule has 0 bridgehead atoms. The van der Waals surface area contributed by atoms with E-state index in [1.807, 2.05) is 6.92 Å². The molecular weight excluding hydrogens is 154 g/mol. The first-order chi connectivity index (χ1) is 5.90. The van der Waals surface area contributed by atoms with Crippen LogP contribution in [0, 0.1) is 0 Å². The summed E-state index contributed by atoms with van der Waals surface area (Å²) in [7, 11) is 0. The highest BCUT2D eigenvalue weighted by molar-refractivity contribution is 4.92. The van der Waals surface area contributed by atoms with Gasteiger partial charge in [0, 0.05) is 0 Å². The fourth-order valence-electron chi connectivity index (χ4n) is 1.43. The number of rotatable bonds is 2. The number of tetrazole rings is 1. The molecule has 66 valence electrons. The Morgan fingerprint density at radius 2 is 2.58 bits per heavy atom. The molecule has 1 atom stereocenters. The van der Waals surface area contributed by atoms with E-state index in [4.69, 9.17) is 0 Å². The smallest absolute Gasteiger partial charge is 0.191 e. The summed E-state index contributed by atoms with van der Waals surface area (Å²) in [6, 6.07) is 0.338. The van der Waals surface area contributed by atoms with Crippen molar-refractivity contribution in [2.75, 3.05) is 6.54 Å². The van der Waals surface area contributed by atoms with E-state index in [1.54, 1.807) is 4.80 Å². The summed E-state index contributed by atoms with van der Waals surface area (Å²) >= 11 is 0. The van der Waals surface area contributed by atoms with Crippen LogP contribution in [0.2, 0.25) is 0 Å². The Kier molecular flexibility index (Phi) is 2.03. The molecule has 0 aliphatic carbocycles. The molecule has 0 spiro atoms. The first-order valence-corrected chi connectivity index (χ1v) is 4.41. The Balaban J connectivity index is 2.11. The van der Waals surface area contributed by atoms with Crippen LogP contribution in [0.1, 0.15) is 31.6 Å². The molecule has 0 amide bonds. The summed E-state index contributed by atoms with van der Waals surface area (Å²) in [6.45, 7) is 3.87. The lowest BCUT2D eigenvalue weighted by molar-refractivity contribution is 0.541. The fraction of sp³-hybridized carbons (Fsp3) is 0.857. The second-order valence-corrected chi connectivity index (χ2v) is 2.99. The Bertz CT molecular complexity index is 250. The molecule has 0 saturated carbocycles. The minimum Gasteiger partial charge on any atom is -0.307 e. The normalized spacial score (nSPS) is 23.2. The van der Waals surface area contributed by atoms with Crippen LogP contribution in [-0.2, 0) is 6.54 Å². The van der Waals surface area contributed by atoms with Crippen LogP contribution in [-0.4, -0.2) is 26.8 Å². The van der Waals surface area contributed by atoms with E-state index in [9.17, 15) is 0 Å². The van der Waals surface area contributed by atoms with Crippen LogP contribution in [0.4, 0.5) is 0 Å². The fourth-order valence-corrected chi connectivity index (χ4v) is 1.43. The van der Waals surface area contributed by atoms with Gasteiger partial charge in [0.1, 0.15) is 0 Å². The number of hydrogen-bond donors (Lipinski definition) is 1. The van der Waals surface area contributed by atoms with Crippen molar-refractivity contribution in [2.45, 2.75) is 32.4 Å². The maximum absolute atomic E-state index is 4.24. The second-order valence-electron chi connectivity index (χ2n) is 2.99. The topological polar surface area (TPSA) is 55.6 Å². The van der Waals surface area contributed by atoms with Crippen molar-refractivity contribution < 1.29 is 0 Å². The summed E-state index contributed by atoms with van der Waals surface area (Å²) in [5.74, 6) is 0.842. The standard InChI is InChI=1S/C7H13N5/c1-2-12-10-7(9-11-12)6-4-3-5-8-6/h6,8H,2-5H2,1H3. The predicted octanol–water partition coefficient (Wildman–Crippen LogP) is 0.117. The van der Waals surface area contributed by atoms with Gasteiger partial charge in [-0.1, -0.05) is 0 Å². The number of nitrogens with one attached hydrogen (secondary N) is 1. The summed E-state index contributed by atoms with van der Waals surface area (Å²) in [5.41, 5.74) is 0. The van der Waals surface area contributed by atoms with Crippen LogP contribution in [0.15, 0.2) is 0 Å². The number of aromatic nitrogens is 4. The van der Waals surface area contributed by atoms with Gasteiger partial charge in [0.2, 0.25) is 0 Å². The van der Waals surface area contributed by atoms with E-state index in [0.717, 1.165) is 25.3 Å². The summed E-state index contributed by atoms with van der Waals surface area (Å²) in [5, 5.41) is 15.5. The molecule has 5 nitrogen and oxygen atoms in total. The van der Waals surface area contributed by atoms with Crippen molar-refractivity contribution in [2.24, 2.45) is 0 Å². The van der Waals surface area contributed by atoms with Crippen LogP contribution >= 0.6 is 0 Å². The molecule has 1 N–H and O–H groups in total. The highest BCUT2D eigenvalue weighted by Crippen LogP contribution is 2.18. The molecule has 0 aromatic carbocycles. The predicted molar refractivity (Wildman–Crippen MR) is 43.5 cm³/mol. The van der Waals surface area contributed by atoms with Gasteiger partial charge >= 0.3 is 0 Å². The molecule has 5 heteroatoms. The minimum atomic E-state index is 0.338. The summed E-state index contributed by atoms with van der Waals surface area (Å²) in [4.78, 5) is 1.62. The zero-order chi connectivity index (χ0) is 8.39. The number of nitrogens with zero attached hydrogens (tertiary/aromatic N) is 4. The van der Waals surface area contributed by atoms with Crippen LogP contribution in [0.25, 0.3) is 0 Å². The highest BCUT2D eigenvalue weighted by Gasteiger charge is 2.20. The van der Waals surface area contributed by atoms with E-state index in [2.05, 4.69) is 20.7 Å². The van der Waals surface area contributed by atoms with Crippen molar-refractivity contribution in [3.8, 4) is 0 Å². The molecule has 12 heavy (non-hydrogen) atoms. The zero-order valence-electron chi connectivity index (χ0n) is 7.19. The van der Waals surface area contributed by atoms with Crippen LogP contribution in [0.5, 0.6) is 0 Å². The maximum Gasteiger partial charge on any atom is 0.191 e. The average Bonchev–Trinajstić information content (AvgIpc) is 2.75. The third-order valence-corrected chi connectivity index (χ3v) is 2.12. The van der Waals surface area contributed by atoms with Gasteiger partial charge in [-0.05, 0) is 31.5 Å². The van der Waals surface area contributed by atoms with Gasteiger partial charge < -0.3 is 5.32 Å². The van der Waals surface area contributed by atoms with Crippen LogP contribution < -0.4 is 5.32 Å². The lowest BCUT2D eigenvalue weighted by Gasteiger charge is -2.01. The van der Waals surface area contributed by atoms with E-state index >= 15 is 0 Å². The molecule has 2 heterocycles. The molecule has 1 aliphatic heterocycles. The van der Waals surface area contributed by atoms with Gasteiger partial charge in [-0.15, -0.1) is 10.2 Å². The third kappa shape index (κ3) is 1.32. The van der Waals surface area contributed by atoms with E-state index in [0.29, 0.717) is 6.04 Å². The van der Waals surface area contributed by atoms with Gasteiger partial charge in [0.25, 0.3) is 0 Å². The Morgan fingerprint density at radius 3 is 3.17 bits per heavy atom.